The summed E-state index contributed by atoms with van der Waals surface area (Å²) >= 11 is 0. The van der Waals surface area contributed by atoms with E-state index in [4.69, 9.17) is 0 Å². The van der Waals surface area contributed by atoms with Gasteiger partial charge in [-0.05, 0) is 56.1 Å². The zero-order valence-corrected chi connectivity index (χ0v) is 11.1. The second-order valence-electron chi connectivity index (χ2n) is 4.80. The van der Waals surface area contributed by atoms with Crippen LogP contribution < -0.4 is 5.32 Å². The van der Waals surface area contributed by atoms with Crippen molar-refractivity contribution >= 4 is 5.69 Å². The largest absolute Gasteiger partial charge is 0.384 e. The Kier molecular flexibility index (Phi) is 4.43. The third-order valence-corrected chi connectivity index (χ3v) is 3.71. The van der Waals surface area contributed by atoms with Gasteiger partial charge in [0.25, 0.3) is 0 Å². The molecule has 0 aromatic heterocycles. The number of fused-ring (bicyclic) bond motifs is 1. The Hall–Kier alpha value is -1.02. The van der Waals surface area contributed by atoms with Crippen LogP contribution in [0.3, 0.4) is 0 Å². The highest BCUT2D eigenvalue weighted by molar-refractivity contribution is 5.56. The molecule has 0 amide bonds. The highest BCUT2D eigenvalue weighted by Crippen LogP contribution is 2.23. The predicted molar refractivity (Wildman–Crippen MR) is 74.7 cm³/mol. The first-order valence-electron chi connectivity index (χ1n) is 6.91. The van der Waals surface area contributed by atoms with Crippen LogP contribution in [0.5, 0.6) is 0 Å². The summed E-state index contributed by atoms with van der Waals surface area (Å²) in [5, 5.41) is 3.41. The normalized spacial score (nSPS) is 13.8. The number of nitrogens with one attached hydrogen (secondary N) is 1. The summed E-state index contributed by atoms with van der Waals surface area (Å²) in [5.74, 6) is 0. The van der Waals surface area contributed by atoms with E-state index in [0.717, 1.165) is 6.54 Å². The molecule has 2 heteroatoms. The zero-order chi connectivity index (χ0) is 12.1. The first kappa shape index (κ1) is 12.4. The Bertz CT molecular complexity index is 356. The molecule has 0 aliphatic carbocycles. The number of hydrogen-bond acceptors (Lipinski definition) is 2. The van der Waals surface area contributed by atoms with Gasteiger partial charge >= 0.3 is 0 Å². The first-order chi connectivity index (χ1) is 8.33. The van der Waals surface area contributed by atoms with E-state index in [2.05, 4.69) is 42.3 Å². The van der Waals surface area contributed by atoms with Crippen molar-refractivity contribution in [2.24, 2.45) is 0 Å². The molecule has 2 nitrogen and oxygen atoms in total. The van der Waals surface area contributed by atoms with Crippen molar-refractivity contribution < 1.29 is 0 Å². The Morgan fingerprint density at radius 1 is 1.24 bits per heavy atom. The van der Waals surface area contributed by atoms with Crippen LogP contribution >= 0.6 is 0 Å². The van der Waals surface area contributed by atoms with Crippen LogP contribution in [0, 0.1) is 0 Å². The minimum absolute atomic E-state index is 1.11. The smallest absolute Gasteiger partial charge is 0.0373 e. The molecule has 1 aromatic rings. The van der Waals surface area contributed by atoms with Crippen LogP contribution in [0.15, 0.2) is 18.2 Å². The lowest BCUT2D eigenvalue weighted by molar-refractivity contribution is 0.300. The van der Waals surface area contributed by atoms with E-state index in [9.17, 15) is 0 Å². The van der Waals surface area contributed by atoms with Crippen molar-refractivity contribution in [3.05, 3.63) is 29.3 Å². The number of nitrogens with zero attached hydrogens (tertiary/aromatic N) is 1. The summed E-state index contributed by atoms with van der Waals surface area (Å²) in [6.45, 7) is 9.16. The topological polar surface area (TPSA) is 15.3 Å². The fraction of sp³-hybridized carbons (Fsp3) is 0.600. The van der Waals surface area contributed by atoms with E-state index in [-0.39, 0.29) is 0 Å². The molecule has 17 heavy (non-hydrogen) atoms. The minimum atomic E-state index is 1.11. The van der Waals surface area contributed by atoms with Crippen molar-refractivity contribution in [3.63, 3.8) is 0 Å². The van der Waals surface area contributed by atoms with Crippen LogP contribution in [0.1, 0.15) is 31.4 Å². The fourth-order valence-corrected chi connectivity index (χ4v) is 2.56. The van der Waals surface area contributed by atoms with Crippen molar-refractivity contribution in [2.45, 2.75) is 33.1 Å². The summed E-state index contributed by atoms with van der Waals surface area (Å²) < 4.78 is 0. The standard InChI is InChI=1S/C15H24N2/c1-3-17(4-2)11-5-6-13-7-8-15-14(12-13)9-10-16-15/h7-8,12,16H,3-6,9-11H2,1-2H3. The molecule has 1 N–H and O–H groups in total. The fourth-order valence-electron chi connectivity index (χ4n) is 2.56. The molecule has 1 heterocycles. The lowest BCUT2D eigenvalue weighted by Crippen LogP contribution is -2.24. The Morgan fingerprint density at radius 2 is 2.06 bits per heavy atom. The average molecular weight is 232 g/mol. The van der Waals surface area contributed by atoms with Gasteiger partial charge in [0.05, 0.1) is 0 Å². The van der Waals surface area contributed by atoms with Crippen molar-refractivity contribution in [1.29, 1.82) is 0 Å². The lowest BCUT2D eigenvalue weighted by atomic mass is 10.0. The molecule has 0 unspecified atom stereocenters. The third-order valence-electron chi connectivity index (χ3n) is 3.71. The highest BCUT2D eigenvalue weighted by atomic mass is 15.1. The van der Waals surface area contributed by atoms with Crippen molar-refractivity contribution in [2.75, 3.05) is 31.5 Å². The number of hydrogen-bond donors (Lipinski definition) is 1. The van der Waals surface area contributed by atoms with Crippen LogP contribution in [0.2, 0.25) is 0 Å². The summed E-state index contributed by atoms with van der Waals surface area (Å²) in [7, 11) is 0. The van der Waals surface area contributed by atoms with Gasteiger partial charge in [-0.1, -0.05) is 26.0 Å². The van der Waals surface area contributed by atoms with E-state index >= 15 is 0 Å². The van der Waals surface area contributed by atoms with Crippen LogP contribution in [-0.4, -0.2) is 31.1 Å². The molecule has 0 saturated heterocycles. The molecule has 0 atom stereocenters. The number of aryl methyl sites for hydroxylation is 1. The Labute approximate surface area is 105 Å². The van der Waals surface area contributed by atoms with Crippen LogP contribution in [-0.2, 0) is 12.8 Å². The lowest BCUT2D eigenvalue weighted by Gasteiger charge is -2.17. The van der Waals surface area contributed by atoms with E-state index in [1.165, 1.54) is 55.7 Å². The third kappa shape index (κ3) is 3.22. The minimum Gasteiger partial charge on any atom is -0.384 e. The quantitative estimate of drug-likeness (QED) is 0.811. The molecule has 2 rings (SSSR count). The van der Waals surface area contributed by atoms with Gasteiger partial charge in [-0.25, -0.2) is 0 Å². The molecule has 0 bridgehead atoms. The van der Waals surface area contributed by atoms with E-state index in [1.807, 2.05) is 0 Å². The van der Waals surface area contributed by atoms with E-state index in [0.29, 0.717) is 0 Å². The number of benzene rings is 1. The van der Waals surface area contributed by atoms with Gasteiger partial charge in [0.1, 0.15) is 0 Å². The molecule has 0 spiro atoms. The second kappa shape index (κ2) is 6.06. The van der Waals surface area contributed by atoms with Gasteiger partial charge in [0, 0.05) is 12.2 Å². The van der Waals surface area contributed by atoms with Crippen molar-refractivity contribution in [3.8, 4) is 0 Å². The van der Waals surface area contributed by atoms with Gasteiger partial charge < -0.3 is 10.2 Å². The maximum Gasteiger partial charge on any atom is 0.0373 e. The van der Waals surface area contributed by atoms with Crippen LogP contribution in [0.4, 0.5) is 5.69 Å². The Morgan fingerprint density at radius 3 is 2.82 bits per heavy atom. The molecule has 1 aromatic carbocycles. The molecule has 0 radical (unpaired) electrons. The van der Waals surface area contributed by atoms with Crippen molar-refractivity contribution in [1.82, 2.24) is 4.90 Å². The maximum absolute atomic E-state index is 3.41. The summed E-state index contributed by atoms with van der Waals surface area (Å²) in [6, 6.07) is 6.91. The molecule has 1 aliphatic heterocycles. The van der Waals surface area contributed by atoms with Gasteiger partial charge in [-0.3, -0.25) is 0 Å². The summed E-state index contributed by atoms with van der Waals surface area (Å²) in [5.41, 5.74) is 4.35. The van der Waals surface area contributed by atoms with E-state index in [1.54, 1.807) is 0 Å². The average Bonchev–Trinajstić information content (AvgIpc) is 2.82. The highest BCUT2D eigenvalue weighted by Gasteiger charge is 2.09. The van der Waals surface area contributed by atoms with Gasteiger partial charge in [-0.2, -0.15) is 0 Å². The number of anilines is 1. The molecular formula is C15H24N2. The summed E-state index contributed by atoms with van der Waals surface area (Å²) in [4.78, 5) is 2.49. The second-order valence-corrected chi connectivity index (χ2v) is 4.80. The molecule has 1 aliphatic rings. The molecular weight excluding hydrogens is 208 g/mol. The van der Waals surface area contributed by atoms with Gasteiger partial charge in [0.2, 0.25) is 0 Å². The Balaban J connectivity index is 1.83. The SMILES string of the molecule is CCN(CC)CCCc1ccc2c(c1)CCN2. The monoisotopic (exact) mass is 232 g/mol. The predicted octanol–water partition coefficient (Wildman–Crippen LogP) is 2.93. The zero-order valence-electron chi connectivity index (χ0n) is 11.1. The molecule has 0 fully saturated rings. The molecule has 94 valence electrons. The van der Waals surface area contributed by atoms with Gasteiger partial charge in [-0.15, -0.1) is 0 Å². The molecule has 0 saturated carbocycles. The number of rotatable bonds is 6. The van der Waals surface area contributed by atoms with Gasteiger partial charge in [0.15, 0.2) is 0 Å². The van der Waals surface area contributed by atoms with E-state index < -0.39 is 0 Å². The van der Waals surface area contributed by atoms with Crippen LogP contribution in [0.25, 0.3) is 0 Å². The maximum atomic E-state index is 3.41. The first-order valence-corrected chi connectivity index (χ1v) is 6.91. The summed E-state index contributed by atoms with van der Waals surface area (Å²) in [6.07, 6.45) is 3.68.